The largest absolute Gasteiger partial charge is 0.502 e. The van der Waals surface area contributed by atoms with Gasteiger partial charge in [0.15, 0.2) is 11.5 Å². The first-order chi connectivity index (χ1) is 12.0. The zero-order valence-electron chi connectivity index (χ0n) is 12.6. The molecular weight excluding hydrogens is 334 g/mol. The summed E-state index contributed by atoms with van der Waals surface area (Å²) >= 11 is 0. The fraction of sp³-hybridized carbons (Fsp3) is 0.133. The number of aromatic hydroxyl groups is 1. The standard InChI is InChI=1S/C15H11N3O7/c19-15-9(5-11(17(20)21)7-12(15)18(22)23)8-16-10-1-2-13-14(6-10)25-4-3-24-13/h1-2,5-8,19H,3-4H2. The Labute approximate surface area is 140 Å². The molecular formula is C15H11N3O7. The van der Waals surface area contributed by atoms with E-state index in [1.165, 1.54) is 0 Å². The maximum atomic E-state index is 10.9. The number of rotatable bonds is 4. The van der Waals surface area contributed by atoms with Crippen LogP contribution < -0.4 is 9.47 Å². The van der Waals surface area contributed by atoms with Crippen molar-refractivity contribution in [2.75, 3.05) is 13.2 Å². The number of phenolic OH excluding ortho intramolecular Hbond substituents is 1. The van der Waals surface area contributed by atoms with Gasteiger partial charge in [-0.05, 0) is 12.1 Å². The van der Waals surface area contributed by atoms with Crippen LogP contribution in [0, 0.1) is 20.2 Å². The quantitative estimate of drug-likeness (QED) is 0.511. The zero-order valence-corrected chi connectivity index (χ0v) is 12.6. The second-order valence-corrected chi connectivity index (χ2v) is 5.00. The van der Waals surface area contributed by atoms with E-state index in [0.717, 1.165) is 12.3 Å². The molecule has 1 N–H and O–H groups in total. The van der Waals surface area contributed by atoms with Crippen molar-refractivity contribution in [2.24, 2.45) is 4.99 Å². The minimum atomic E-state index is -0.899. The van der Waals surface area contributed by atoms with Crippen LogP contribution in [0.15, 0.2) is 35.3 Å². The molecule has 3 rings (SSSR count). The van der Waals surface area contributed by atoms with E-state index in [-0.39, 0.29) is 5.56 Å². The number of fused-ring (bicyclic) bond motifs is 1. The molecule has 25 heavy (non-hydrogen) atoms. The van der Waals surface area contributed by atoms with E-state index in [9.17, 15) is 25.3 Å². The Morgan fingerprint density at radius 1 is 1.04 bits per heavy atom. The molecule has 0 saturated heterocycles. The van der Waals surface area contributed by atoms with E-state index >= 15 is 0 Å². The topological polar surface area (TPSA) is 137 Å². The molecule has 1 aliphatic rings. The van der Waals surface area contributed by atoms with Gasteiger partial charge < -0.3 is 14.6 Å². The predicted molar refractivity (Wildman–Crippen MR) is 86.1 cm³/mol. The van der Waals surface area contributed by atoms with Gasteiger partial charge in [-0.3, -0.25) is 25.2 Å². The van der Waals surface area contributed by atoms with Crippen LogP contribution in [0.4, 0.5) is 17.1 Å². The molecule has 1 heterocycles. The SMILES string of the molecule is O=[N+]([O-])c1cc(C=Nc2ccc3c(c2)OCCO3)c(O)c([N+](=O)[O-])c1. The molecule has 0 atom stereocenters. The van der Waals surface area contributed by atoms with Gasteiger partial charge in [0.25, 0.3) is 5.69 Å². The summed E-state index contributed by atoms with van der Waals surface area (Å²) in [7, 11) is 0. The summed E-state index contributed by atoms with van der Waals surface area (Å²) in [6.07, 6.45) is 1.11. The molecule has 2 aromatic rings. The molecule has 0 bridgehead atoms. The summed E-state index contributed by atoms with van der Waals surface area (Å²) in [6.45, 7) is 0.846. The third-order valence-corrected chi connectivity index (χ3v) is 3.39. The van der Waals surface area contributed by atoms with Gasteiger partial charge in [0.1, 0.15) is 13.2 Å². The first-order valence-electron chi connectivity index (χ1n) is 7.05. The van der Waals surface area contributed by atoms with Gasteiger partial charge in [-0.1, -0.05) is 0 Å². The van der Waals surface area contributed by atoms with Gasteiger partial charge in [-0.25, -0.2) is 0 Å². The Bertz CT molecular complexity index is 895. The van der Waals surface area contributed by atoms with Gasteiger partial charge in [-0.15, -0.1) is 0 Å². The molecule has 0 unspecified atom stereocenters. The number of phenols is 1. The van der Waals surface area contributed by atoms with Crippen molar-refractivity contribution >= 4 is 23.3 Å². The predicted octanol–water partition coefficient (Wildman–Crippen LogP) is 2.73. The number of nitro benzene ring substituents is 2. The number of hydrogen-bond donors (Lipinski definition) is 1. The minimum absolute atomic E-state index is 0.143. The fourth-order valence-electron chi connectivity index (χ4n) is 2.23. The Morgan fingerprint density at radius 3 is 2.44 bits per heavy atom. The summed E-state index contributed by atoms with van der Waals surface area (Å²) in [6, 6.07) is 6.55. The summed E-state index contributed by atoms with van der Waals surface area (Å²) < 4.78 is 10.8. The van der Waals surface area contributed by atoms with E-state index in [1.54, 1.807) is 18.2 Å². The van der Waals surface area contributed by atoms with Gasteiger partial charge >= 0.3 is 5.69 Å². The van der Waals surface area contributed by atoms with Gasteiger partial charge in [-0.2, -0.15) is 0 Å². The second kappa shape index (κ2) is 6.43. The van der Waals surface area contributed by atoms with Crippen LogP contribution in [0.3, 0.4) is 0 Å². The van der Waals surface area contributed by atoms with Crippen molar-refractivity contribution in [3.8, 4) is 17.2 Å². The lowest BCUT2D eigenvalue weighted by Gasteiger charge is -2.18. The molecule has 0 amide bonds. The van der Waals surface area contributed by atoms with E-state index in [0.29, 0.717) is 36.5 Å². The highest BCUT2D eigenvalue weighted by atomic mass is 16.6. The molecule has 0 fully saturated rings. The average Bonchev–Trinajstić information content (AvgIpc) is 2.60. The van der Waals surface area contributed by atoms with Crippen molar-refractivity contribution in [3.05, 3.63) is 56.1 Å². The fourth-order valence-corrected chi connectivity index (χ4v) is 2.23. The number of ether oxygens (including phenoxy) is 2. The van der Waals surface area contributed by atoms with Crippen molar-refractivity contribution in [1.29, 1.82) is 0 Å². The van der Waals surface area contributed by atoms with Crippen molar-refractivity contribution in [1.82, 2.24) is 0 Å². The van der Waals surface area contributed by atoms with Crippen LogP contribution in [-0.4, -0.2) is 34.4 Å². The molecule has 10 heteroatoms. The third-order valence-electron chi connectivity index (χ3n) is 3.39. The third kappa shape index (κ3) is 3.32. The summed E-state index contributed by atoms with van der Waals surface area (Å²) in [5.41, 5.74) is -1.00. The molecule has 0 radical (unpaired) electrons. The van der Waals surface area contributed by atoms with Crippen LogP contribution in [0.25, 0.3) is 0 Å². The lowest BCUT2D eigenvalue weighted by atomic mass is 10.1. The maximum Gasteiger partial charge on any atom is 0.318 e. The highest BCUT2D eigenvalue weighted by Gasteiger charge is 2.23. The highest BCUT2D eigenvalue weighted by molar-refractivity contribution is 5.88. The van der Waals surface area contributed by atoms with E-state index in [2.05, 4.69) is 4.99 Å². The Balaban J connectivity index is 1.98. The van der Waals surface area contributed by atoms with Crippen LogP contribution in [0.1, 0.15) is 5.56 Å². The molecule has 0 saturated carbocycles. The first-order valence-corrected chi connectivity index (χ1v) is 7.05. The monoisotopic (exact) mass is 345 g/mol. The minimum Gasteiger partial charge on any atom is -0.502 e. The Kier molecular flexibility index (Phi) is 4.16. The summed E-state index contributed by atoms with van der Waals surface area (Å²) in [5.74, 6) is 0.367. The van der Waals surface area contributed by atoms with E-state index in [4.69, 9.17) is 9.47 Å². The number of aliphatic imine (C=N–C) groups is 1. The summed E-state index contributed by atoms with van der Waals surface area (Å²) in [5, 5.41) is 31.8. The van der Waals surface area contributed by atoms with Crippen LogP contribution in [0.5, 0.6) is 17.2 Å². The molecule has 1 aliphatic heterocycles. The molecule has 10 nitrogen and oxygen atoms in total. The van der Waals surface area contributed by atoms with E-state index < -0.39 is 27.0 Å². The molecule has 0 aliphatic carbocycles. The first kappa shape index (κ1) is 16.2. The number of benzene rings is 2. The smallest absolute Gasteiger partial charge is 0.318 e. The lowest BCUT2D eigenvalue weighted by molar-refractivity contribution is -0.394. The van der Waals surface area contributed by atoms with Crippen molar-refractivity contribution < 1.29 is 24.4 Å². The average molecular weight is 345 g/mol. The van der Waals surface area contributed by atoms with Gasteiger partial charge in [0.05, 0.1) is 21.6 Å². The molecule has 0 spiro atoms. The lowest BCUT2D eigenvalue weighted by Crippen LogP contribution is -2.14. The van der Waals surface area contributed by atoms with Crippen molar-refractivity contribution in [3.63, 3.8) is 0 Å². The molecule has 0 aromatic heterocycles. The number of nitrogens with zero attached hydrogens (tertiary/aromatic N) is 3. The van der Waals surface area contributed by atoms with Crippen molar-refractivity contribution in [2.45, 2.75) is 0 Å². The number of hydrogen-bond acceptors (Lipinski definition) is 8. The maximum absolute atomic E-state index is 10.9. The number of nitro groups is 2. The van der Waals surface area contributed by atoms with E-state index in [1.807, 2.05) is 0 Å². The number of non-ortho nitro benzene ring substituents is 1. The Hall–Kier alpha value is -3.69. The van der Waals surface area contributed by atoms with Gasteiger partial charge in [0.2, 0.25) is 5.75 Å². The zero-order chi connectivity index (χ0) is 18.0. The van der Waals surface area contributed by atoms with Crippen LogP contribution in [-0.2, 0) is 0 Å². The van der Waals surface area contributed by atoms with Gasteiger partial charge in [0, 0.05) is 23.9 Å². The van der Waals surface area contributed by atoms with Crippen LogP contribution >= 0.6 is 0 Å². The second-order valence-electron chi connectivity index (χ2n) is 5.00. The normalized spacial score (nSPS) is 13.0. The van der Waals surface area contributed by atoms with Crippen LogP contribution in [0.2, 0.25) is 0 Å². The highest BCUT2D eigenvalue weighted by Crippen LogP contribution is 2.35. The summed E-state index contributed by atoms with van der Waals surface area (Å²) in [4.78, 5) is 24.2. The molecule has 128 valence electrons. The molecule has 2 aromatic carbocycles. The Morgan fingerprint density at radius 2 is 1.76 bits per heavy atom.